The van der Waals surface area contributed by atoms with Crippen molar-refractivity contribution in [3.8, 4) is 0 Å². The van der Waals surface area contributed by atoms with Crippen LogP contribution in [0.15, 0.2) is 53.4 Å². The summed E-state index contributed by atoms with van der Waals surface area (Å²) in [6.07, 6.45) is 0.813. The lowest BCUT2D eigenvalue weighted by Crippen LogP contribution is -2.32. The van der Waals surface area contributed by atoms with E-state index in [1.165, 1.54) is 36.4 Å². The second-order valence-electron chi connectivity index (χ2n) is 4.88. The number of halogens is 1. The van der Waals surface area contributed by atoms with E-state index in [9.17, 15) is 17.6 Å². The Balaban J connectivity index is 1.95. The van der Waals surface area contributed by atoms with Gasteiger partial charge in [0.2, 0.25) is 15.9 Å². The number of anilines is 1. The predicted octanol–water partition coefficient (Wildman–Crippen LogP) is 2.31. The lowest BCUT2D eigenvalue weighted by atomic mass is 10.2. The smallest absolute Gasteiger partial charge is 0.241 e. The fourth-order valence-electron chi connectivity index (χ4n) is 1.89. The van der Waals surface area contributed by atoms with E-state index in [-0.39, 0.29) is 4.90 Å². The predicted molar refractivity (Wildman–Crippen MR) is 86.0 cm³/mol. The molecule has 0 aliphatic carbocycles. The topological polar surface area (TPSA) is 75.3 Å². The summed E-state index contributed by atoms with van der Waals surface area (Å²) in [6, 6.07) is 11.7. The van der Waals surface area contributed by atoms with E-state index in [0.717, 1.165) is 12.0 Å². The zero-order chi connectivity index (χ0) is 16.9. The van der Waals surface area contributed by atoms with Gasteiger partial charge in [0.15, 0.2) is 0 Å². The minimum absolute atomic E-state index is 0.101. The van der Waals surface area contributed by atoms with Gasteiger partial charge in [0.25, 0.3) is 0 Å². The maximum Gasteiger partial charge on any atom is 0.241 e. The highest BCUT2D eigenvalue weighted by Gasteiger charge is 2.15. The Morgan fingerprint density at radius 3 is 2.22 bits per heavy atom. The molecular weight excluding hydrogens is 319 g/mol. The molecule has 0 heterocycles. The van der Waals surface area contributed by atoms with Gasteiger partial charge >= 0.3 is 0 Å². The highest BCUT2D eigenvalue weighted by molar-refractivity contribution is 7.89. The van der Waals surface area contributed by atoms with Crippen molar-refractivity contribution in [3.63, 3.8) is 0 Å². The van der Waals surface area contributed by atoms with Crippen LogP contribution in [0, 0.1) is 5.82 Å². The molecule has 0 bridgehead atoms. The second kappa shape index (κ2) is 7.34. The third-order valence-corrected chi connectivity index (χ3v) is 4.61. The van der Waals surface area contributed by atoms with Gasteiger partial charge in [-0.2, -0.15) is 0 Å². The van der Waals surface area contributed by atoms with Gasteiger partial charge in [-0.15, -0.1) is 0 Å². The Morgan fingerprint density at radius 2 is 1.65 bits per heavy atom. The minimum atomic E-state index is -3.75. The van der Waals surface area contributed by atoms with Crippen LogP contribution in [0.4, 0.5) is 10.1 Å². The number of carbonyl (C=O) groups excluding carboxylic acids is 1. The Labute approximate surface area is 134 Å². The Morgan fingerprint density at radius 1 is 1.04 bits per heavy atom. The van der Waals surface area contributed by atoms with Gasteiger partial charge < -0.3 is 5.32 Å². The van der Waals surface area contributed by atoms with Crippen LogP contribution < -0.4 is 10.0 Å². The van der Waals surface area contributed by atoms with E-state index in [1.807, 2.05) is 6.92 Å². The van der Waals surface area contributed by atoms with Gasteiger partial charge in [0.1, 0.15) is 5.82 Å². The van der Waals surface area contributed by atoms with Crippen LogP contribution in [-0.4, -0.2) is 20.9 Å². The molecule has 0 saturated carbocycles. The quantitative estimate of drug-likeness (QED) is 0.850. The maximum absolute atomic E-state index is 12.8. The zero-order valence-corrected chi connectivity index (χ0v) is 13.4. The highest BCUT2D eigenvalue weighted by Crippen LogP contribution is 2.11. The Bertz CT molecular complexity index is 772. The van der Waals surface area contributed by atoms with Gasteiger partial charge in [-0.3, -0.25) is 4.79 Å². The van der Waals surface area contributed by atoms with E-state index in [2.05, 4.69) is 10.0 Å². The molecule has 122 valence electrons. The molecule has 2 aromatic carbocycles. The summed E-state index contributed by atoms with van der Waals surface area (Å²) >= 11 is 0. The van der Waals surface area contributed by atoms with Crippen molar-refractivity contribution in [2.24, 2.45) is 0 Å². The van der Waals surface area contributed by atoms with Gasteiger partial charge in [0.05, 0.1) is 11.4 Å². The molecule has 2 rings (SSSR count). The van der Waals surface area contributed by atoms with Gasteiger partial charge in [-0.05, 0) is 48.4 Å². The lowest BCUT2D eigenvalue weighted by Gasteiger charge is -2.08. The number of sulfonamides is 1. The first-order chi connectivity index (χ1) is 10.9. The summed E-state index contributed by atoms with van der Waals surface area (Å²) in [5, 5.41) is 2.48. The van der Waals surface area contributed by atoms with Crippen LogP contribution in [0.25, 0.3) is 0 Å². The van der Waals surface area contributed by atoms with Gasteiger partial charge in [-0.25, -0.2) is 17.5 Å². The van der Waals surface area contributed by atoms with Crippen LogP contribution in [-0.2, 0) is 21.2 Å². The molecule has 0 radical (unpaired) electrons. The molecule has 0 saturated heterocycles. The van der Waals surface area contributed by atoms with Crippen molar-refractivity contribution < 1.29 is 17.6 Å². The molecule has 0 unspecified atom stereocenters. The van der Waals surface area contributed by atoms with Gasteiger partial charge in [0, 0.05) is 5.69 Å². The number of hydrogen-bond donors (Lipinski definition) is 2. The fraction of sp³-hybridized carbons (Fsp3) is 0.188. The monoisotopic (exact) mass is 336 g/mol. The van der Waals surface area contributed by atoms with E-state index >= 15 is 0 Å². The van der Waals surface area contributed by atoms with E-state index in [4.69, 9.17) is 0 Å². The maximum atomic E-state index is 12.8. The minimum Gasteiger partial charge on any atom is -0.325 e. The Kier molecular flexibility index (Phi) is 5.46. The summed E-state index contributed by atoms with van der Waals surface area (Å²) in [5.41, 5.74) is 1.42. The first kappa shape index (κ1) is 17.1. The first-order valence-electron chi connectivity index (χ1n) is 7.05. The zero-order valence-electron chi connectivity index (χ0n) is 12.5. The largest absolute Gasteiger partial charge is 0.325 e. The molecule has 0 spiro atoms. The van der Waals surface area contributed by atoms with E-state index in [0.29, 0.717) is 5.69 Å². The standard InChI is InChI=1S/C16H17FN2O3S/c1-2-12-3-9-15(10-4-12)23(21,22)18-11-16(20)19-14-7-5-13(17)6-8-14/h3-10,18H,2,11H2,1H3,(H,19,20). The van der Waals surface area contributed by atoms with Crippen LogP contribution in [0.2, 0.25) is 0 Å². The van der Waals surface area contributed by atoms with E-state index < -0.39 is 28.3 Å². The fourth-order valence-corrected chi connectivity index (χ4v) is 2.87. The number of aryl methyl sites for hydroxylation is 1. The number of rotatable bonds is 6. The molecular formula is C16H17FN2O3S. The number of hydrogen-bond acceptors (Lipinski definition) is 3. The van der Waals surface area contributed by atoms with Crippen molar-refractivity contribution >= 4 is 21.6 Å². The molecule has 2 aromatic rings. The van der Waals surface area contributed by atoms with Crippen LogP contribution in [0.3, 0.4) is 0 Å². The molecule has 7 heteroatoms. The number of carbonyl (C=O) groups is 1. The van der Waals surface area contributed by atoms with E-state index in [1.54, 1.807) is 12.1 Å². The summed E-state index contributed by atoms with van der Waals surface area (Å²) in [7, 11) is -3.75. The average Bonchev–Trinajstić information content (AvgIpc) is 2.55. The van der Waals surface area contributed by atoms with Crippen LogP contribution >= 0.6 is 0 Å². The van der Waals surface area contributed by atoms with Crippen LogP contribution in [0.5, 0.6) is 0 Å². The molecule has 23 heavy (non-hydrogen) atoms. The molecule has 0 aromatic heterocycles. The summed E-state index contributed by atoms with van der Waals surface area (Å²) in [5.74, 6) is -0.954. The number of nitrogens with one attached hydrogen (secondary N) is 2. The first-order valence-corrected chi connectivity index (χ1v) is 8.53. The number of amides is 1. The third-order valence-electron chi connectivity index (χ3n) is 3.19. The second-order valence-corrected chi connectivity index (χ2v) is 6.64. The summed E-state index contributed by atoms with van der Waals surface area (Å²) in [4.78, 5) is 11.8. The molecule has 0 atom stereocenters. The molecule has 0 fully saturated rings. The normalized spacial score (nSPS) is 11.2. The summed E-state index contributed by atoms with van der Waals surface area (Å²) < 4.78 is 39.2. The van der Waals surface area contributed by atoms with Crippen molar-refractivity contribution in [3.05, 3.63) is 59.9 Å². The average molecular weight is 336 g/mol. The highest BCUT2D eigenvalue weighted by atomic mass is 32.2. The van der Waals surface area contributed by atoms with Gasteiger partial charge in [-0.1, -0.05) is 19.1 Å². The lowest BCUT2D eigenvalue weighted by molar-refractivity contribution is -0.115. The van der Waals surface area contributed by atoms with Crippen molar-refractivity contribution in [2.45, 2.75) is 18.2 Å². The van der Waals surface area contributed by atoms with Crippen molar-refractivity contribution in [1.82, 2.24) is 4.72 Å². The molecule has 5 nitrogen and oxygen atoms in total. The Hall–Kier alpha value is -2.25. The van der Waals surface area contributed by atoms with Crippen molar-refractivity contribution in [2.75, 3.05) is 11.9 Å². The molecule has 1 amide bonds. The van der Waals surface area contributed by atoms with Crippen molar-refractivity contribution in [1.29, 1.82) is 0 Å². The molecule has 0 aliphatic heterocycles. The third kappa shape index (κ3) is 4.87. The van der Waals surface area contributed by atoms with Crippen LogP contribution in [0.1, 0.15) is 12.5 Å². The summed E-state index contributed by atoms with van der Waals surface area (Å²) in [6.45, 7) is 1.57. The molecule has 2 N–H and O–H groups in total. The SMILES string of the molecule is CCc1ccc(S(=O)(=O)NCC(=O)Nc2ccc(F)cc2)cc1. The number of benzene rings is 2. The molecule has 0 aliphatic rings.